The van der Waals surface area contributed by atoms with Gasteiger partial charge in [-0.3, -0.25) is 4.79 Å². The molecule has 0 fully saturated rings. The van der Waals surface area contributed by atoms with E-state index in [2.05, 4.69) is 5.16 Å². The minimum absolute atomic E-state index is 0.0918. The summed E-state index contributed by atoms with van der Waals surface area (Å²) in [4.78, 5) is 14.3. The molecule has 1 aromatic carbocycles. The van der Waals surface area contributed by atoms with Gasteiger partial charge >= 0.3 is 0 Å². The van der Waals surface area contributed by atoms with Crippen molar-refractivity contribution < 1.29 is 13.7 Å². The Morgan fingerprint density at radius 3 is 2.56 bits per heavy atom. The van der Waals surface area contributed by atoms with Gasteiger partial charge in [0.25, 0.3) is 5.91 Å². The van der Waals surface area contributed by atoms with Crippen LogP contribution < -0.4 is 0 Å². The molecule has 5 nitrogen and oxygen atoms in total. The van der Waals surface area contributed by atoms with Crippen molar-refractivity contribution in [2.24, 2.45) is 0 Å². The van der Waals surface area contributed by atoms with Crippen LogP contribution in [0.5, 0.6) is 0 Å². The fraction of sp³-hybridized carbons (Fsp3) is 0.300. The number of carbonyl (C=O) groups excluding carboxylic acids is 1. The monoisotopic (exact) mass is 338 g/mol. The van der Waals surface area contributed by atoms with Crippen molar-refractivity contribution in [3.63, 3.8) is 0 Å². The van der Waals surface area contributed by atoms with Gasteiger partial charge in [0.2, 0.25) is 0 Å². The first-order chi connectivity index (χ1) is 12.0. The van der Waals surface area contributed by atoms with Gasteiger partial charge in [-0.25, -0.2) is 0 Å². The molecule has 0 saturated carbocycles. The Morgan fingerprint density at radius 2 is 1.92 bits per heavy atom. The van der Waals surface area contributed by atoms with Crippen molar-refractivity contribution in [3.8, 4) is 11.3 Å². The SMILES string of the molecule is Cc1oc(C(C)C)cc1C(=O)N(C)Cc1cc(-c2ccccc2)no1. The lowest BCUT2D eigenvalue weighted by atomic mass is 10.1. The average Bonchev–Trinajstić information content (AvgIpc) is 3.22. The van der Waals surface area contributed by atoms with E-state index in [1.54, 1.807) is 11.9 Å². The normalized spacial score (nSPS) is 11.1. The molecule has 0 bridgehead atoms. The Hall–Kier alpha value is -2.82. The van der Waals surface area contributed by atoms with E-state index in [0.29, 0.717) is 23.6 Å². The van der Waals surface area contributed by atoms with Crippen LogP contribution in [0.1, 0.15) is 47.4 Å². The smallest absolute Gasteiger partial charge is 0.257 e. The molecule has 0 atom stereocenters. The predicted molar refractivity (Wildman–Crippen MR) is 95.3 cm³/mol. The Morgan fingerprint density at radius 1 is 1.20 bits per heavy atom. The van der Waals surface area contributed by atoms with Crippen LogP contribution in [0.4, 0.5) is 0 Å². The molecular formula is C20H22N2O3. The standard InChI is InChI=1S/C20H22N2O3/c1-13(2)19-11-17(14(3)24-19)20(23)22(4)12-16-10-18(21-25-16)15-8-6-5-7-9-15/h5-11,13H,12H2,1-4H3. The lowest BCUT2D eigenvalue weighted by molar-refractivity contribution is 0.0770. The van der Waals surface area contributed by atoms with Gasteiger partial charge in [-0.15, -0.1) is 0 Å². The van der Waals surface area contributed by atoms with Gasteiger partial charge in [0.05, 0.1) is 12.1 Å². The van der Waals surface area contributed by atoms with Crippen LogP contribution in [0.3, 0.4) is 0 Å². The first-order valence-corrected chi connectivity index (χ1v) is 8.32. The molecule has 0 aliphatic carbocycles. The van der Waals surface area contributed by atoms with Crippen LogP contribution in [-0.2, 0) is 6.54 Å². The molecule has 3 rings (SSSR count). The number of amides is 1. The van der Waals surface area contributed by atoms with Crippen molar-refractivity contribution in [3.05, 3.63) is 65.3 Å². The maximum absolute atomic E-state index is 12.7. The first-order valence-electron chi connectivity index (χ1n) is 8.32. The Balaban J connectivity index is 1.73. The predicted octanol–water partition coefficient (Wildman–Crippen LogP) is 4.64. The van der Waals surface area contributed by atoms with Crippen molar-refractivity contribution in [2.75, 3.05) is 7.05 Å². The number of furan rings is 1. The van der Waals surface area contributed by atoms with Crippen molar-refractivity contribution in [1.29, 1.82) is 0 Å². The fourth-order valence-electron chi connectivity index (χ4n) is 2.65. The molecule has 1 amide bonds. The molecule has 0 radical (unpaired) electrons. The van der Waals surface area contributed by atoms with E-state index in [1.165, 1.54) is 0 Å². The van der Waals surface area contributed by atoms with Crippen molar-refractivity contribution in [2.45, 2.75) is 33.2 Å². The van der Waals surface area contributed by atoms with E-state index in [-0.39, 0.29) is 11.8 Å². The van der Waals surface area contributed by atoms with Crippen LogP contribution in [0, 0.1) is 6.92 Å². The second-order valence-electron chi connectivity index (χ2n) is 6.48. The van der Waals surface area contributed by atoms with E-state index >= 15 is 0 Å². The zero-order valence-electron chi connectivity index (χ0n) is 14.9. The van der Waals surface area contributed by atoms with Crippen LogP contribution in [-0.4, -0.2) is 23.0 Å². The molecule has 0 aliphatic heterocycles. The molecule has 2 heterocycles. The number of nitrogens with zero attached hydrogens (tertiary/aromatic N) is 2. The largest absolute Gasteiger partial charge is 0.465 e. The summed E-state index contributed by atoms with van der Waals surface area (Å²) >= 11 is 0. The second-order valence-corrected chi connectivity index (χ2v) is 6.48. The first kappa shape index (κ1) is 17.0. The van der Waals surface area contributed by atoms with Crippen molar-refractivity contribution >= 4 is 5.91 Å². The Bertz CT molecular complexity index is 862. The lowest BCUT2D eigenvalue weighted by Gasteiger charge is -2.14. The van der Waals surface area contributed by atoms with Crippen molar-refractivity contribution in [1.82, 2.24) is 10.1 Å². The molecule has 0 saturated heterocycles. The highest BCUT2D eigenvalue weighted by Crippen LogP contribution is 2.24. The lowest BCUT2D eigenvalue weighted by Crippen LogP contribution is -2.26. The van der Waals surface area contributed by atoms with Crippen LogP contribution >= 0.6 is 0 Å². The third-order valence-electron chi connectivity index (χ3n) is 4.10. The molecule has 0 spiro atoms. The molecule has 0 N–H and O–H groups in total. The second kappa shape index (κ2) is 6.97. The quantitative estimate of drug-likeness (QED) is 0.680. The highest BCUT2D eigenvalue weighted by Gasteiger charge is 2.21. The molecule has 2 aromatic heterocycles. The average molecular weight is 338 g/mol. The van der Waals surface area contributed by atoms with Gasteiger partial charge in [0.15, 0.2) is 5.76 Å². The van der Waals surface area contributed by atoms with Gasteiger partial charge < -0.3 is 13.8 Å². The van der Waals surface area contributed by atoms with E-state index in [0.717, 1.165) is 17.0 Å². The molecule has 130 valence electrons. The van der Waals surface area contributed by atoms with E-state index in [4.69, 9.17) is 8.94 Å². The molecule has 25 heavy (non-hydrogen) atoms. The minimum Gasteiger partial charge on any atom is -0.465 e. The molecule has 0 unspecified atom stereocenters. The zero-order chi connectivity index (χ0) is 18.0. The van der Waals surface area contributed by atoms with Gasteiger partial charge in [-0.05, 0) is 13.0 Å². The summed E-state index contributed by atoms with van der Waals surface area (Å²) in [5.74, 6) is 2.25. The van der Waals surface area contributed by atoms with Crippen LogP contribution in [0.2, 0.25) is 0 Å². The maximum Gasteiger partial charge on any atom is 0.257 e. The number of aryl methyl sites for hydroxylation is 1. The third-order valence-corrected chi connectivity index (χ3v) is 4.10. The maximum atomic E-state index is 12.7. The van der Waals surface area contributed by atoms with E-state index in [1.807, 2.05) is 63.2 Å². The minimum atomic E-state index is -0.0918. The molecular weight excluding hydrogens is 316 g/mol. The Labute approximate surface area is 147 Å². The zero-order valence-corrected chi connectivity index (χ0v) is 14.9. The van der Waals surface area contributed by atoms with Gasteiger partial charge in [-0.1, -0.05) is 49.3 Å². The number of benzene rings is 1. The topological polar surface area (TPSA) is 59.5 Å². The molecule has 3 aromatic rings. The third kappa shape index (κ3) is 3.65. The van der Waals surface area contributed by atoms with Crippen LogP contribution in [0.25, 0.3) is 11.3 Å². The van der Waals surface area contributed by atoms with E-state index in [9.17, 15) is 4.79 Å². The fourth-order valence-corrected chi connectivity index (χ4v) is 2.65. The highest BCUT2D eigenvalue weighted by atomic mass is 16.5. The van der Waals surface area contributed by atoms with Crippen LogP contribution in [0.15, 0.2) is 51.4 Å². The van der Waals surface area contributed by atoms with E-state index < -0.39 is 0 Å². The number of carbonyl (C=O) groups is 1. The summed E-state index contributed by atoms with van der Waals surface area (Å²) in [6.07, 6.45) is 0. The summed E-state index contributed by atoms with van der Waals surface area (Å²) < 4.78 is 11.1. The molecule has 0 aliphatic rings. The van der Waals surface area contributed by atoms with Gasteiger partial charge in [0, 0.05) is 24.6 Å². The number of aromatic nitrogens is 1. The van der Waals surface area contributed by atoms with Gasteiger partial charge in [0.1, 0.15) is 17.2 Å². The molecule has 5 heteroatoms. The van der Waals surface area contributed by atoms with Gasteiger partial charge in [-0.2, -0.15) is 0 Å². The number of rotatable bonds is 5. The highest BCUT2D eigenvalue weighted by molar-refractivity contribution is 5.95. The summed E-state index contributed by atoms with van der Waals surface area (Å²) in [6, 6.07) is 13.5. The number of hydrogen-bond acceptors (Lipinski definition) is 4. The summed E-state index contributed by atoms with van der Waals surface area (Å²) in [7, 11) is 1.74. The summed E-state index contributed by atoms with van der Waals surface area (Å²) in [6.45, 7) is 6.24. The summed E-state index contributed by atoms with van der Waals surface area (Å²) in [5, 5.41) is 4.08. The Kier molecular flexibility index (Phi) is 4.74. The summed E-state index contributed by atoms with van der Waals surface area (Å²) in [5.41, 5.74) is 2.34. The number of hydrogen-bond donors (Lipinski definition) is 0.